The summed E-state index contributed by atoms with van der Waals surface area (Å²) in [5.74, 6) is -1.70. The van der Waals surface area contributed by atoms with E-state index in [0.29, 0.717) is 6.42 Å². The van der Waals surface area contributed by atoms with Crippen molar-refractivity contribution in [3.05, 3.63) is 34.9 Å². The molecule has 0 heterocycles. The van der Waals surface area contributed by atoms with E-state index in [4.69, 9.17) is 5.11 Å². The molecule has 1 aromatic carbocycles. The first kappa shape index (κ1) is 12.1. The van der Waals surface area contributed by atoms with Crippen molar-refractivity contribution in [3.8, 4) is 0 Å². The number of hydrogen-bond donors (Lipinski definition) is 1. The zero-order valence-corrected chi connectivity index (χ0v) is 9.27. The fourth-order valence-electron chi connectivity index (χ4n) is 1.43. The lowest BCUT2D eigenvalue weighted by Gasteiger charge is -2.23. The van der Waals surface area contributed by atoms with E-state index < -0.39 is 17.0 Å². The number of aryl methyl sites for hydroxylation is 1. The summed E-state index contributed by atoms with van der Waals surface area (Å²) in [6.45, 7) is 5.04. The van der Waals surface area contributed by atoms with E-state index >= 15 is 0 Å². The Bertz CT molecular complexity index is 359. The predicted molar refractivity (Wildman–Crippen MR) is 55.8 cm³/mol. The van der Waals surface area contributed by atoms with E-state index in [0.717, 1.165) is 5.56 Å². The van der Waals surface area contributed by atoms with Gasteiger partial charge >= 0.3 is 0 Å². The zero-order chi connectivity index (χ0) is 11.6. The summed E-state index contributed by atoms with van der Waals surface area (Å²) in [5.41, 5.74) is 0.225. The van der Waals surface area contributed by atoms with Gasteiger partial charge in [-0.15, -0.1) is 0 Å². The highest BCUT2D eigenvalue weighted by molar-refractivity contribution is 5.32. The fraction of sp³-hybridized carbons (Fsp3) is 0.500. The van der Waals surface area contributed by atoms with Crippen LogP contribution >= 0.6 is 0 Å². The summed E-state index contributed by atoms with van der Waals surface area (Å²) >= 11 is 0. The summed E-state index contributed by atoms with van der Waals surface area (Å²) in [7, 11) is 0. The van der Waals surface area contributed by atoms with Crippen molar-refractivity contribution >= 4 is 0 Å². The number of halogens is 2. The first-order valence-electron chi connectivity index (χ1n) is 5.01. The maximum absolute atomic E-state index is 13.5. The van der Waals surface area contributed by atoms with E-state index in [1.54, 1.807) is 19.9 Å². The molecule has 0 bridgehead atoms. The molecular formula is C12H16F2O. The molecule has 0 spiro atoms. The van der Waals surface area contributed by atoms with Crippen LogP contribution in [0, 0.1) is 11.6 Å². The normalized spacial score (nSPS) is 11.9. The lowest BCUT2D eigenvalue weighted by atomic mass is 9.84. The van der Waals surface area contributed by atoms with Crippen molar-refractivity contribution in [1.82, 2.24) is 0 Å². The topological polar surface area (TPSA) is 20.2 Å². The Kier molecular flexibility index (Phi) is 3.45. The highest BCUT2D eigenvalue weighted by Gasteiger charge is 2.25. The first-order chi connectivity index (χ1) is 6.92. The van der Waals surface area contributed by atoms with Gasteiger partial charge in [0.25, 0.3) is 0 Å². The van der Waals surface area contributed by atoms with Crippen LogP contribution in [-0.4, -0.2) is 11.7 Å². The third-order valence-corrected chi connectivity index (χ3v) is 2.62. The smallest absolute Gasteiger partial charge is 0.162 e. The molecule has 0 amide bonds. The van der Waals surface area contributed by atoms with Crippen LogP contribution in [0.4, 0.5) is 8.78 Å². The molecule has 0 radical (unpaired) electrons. The largest absolute Gasteiger partial charge is 0.395 e. The summed E-state index contributed by atoms with van der Waals surface area (Å²) in [5, 5.41) is 9.14. The quantitative estimate of drug-likeness (QED) is 0.820. The minimum Gasteiger partial charge on any atom is -0.395 e. The van der Waals surface area contributed by atoms with Crippen LogP contribution in [-0.2, 0) is 11.8 Å². The van der Waals surface area contributed by atoms with Gasteiger partial charge in [0, 0.05) is 5.41 Å². The Labute approximate surface area is 88.7 Å². The number of aliphatic hydroxyl groups excluding tert-OH is 1. The van der Waals surface area contributed by atoms with Crippen LogP contribution < -0.4 is 0 Å². The van der Waals surface area contributed by atoms with Crippen molar-refractivity contribution in [2.24, 2.45) is 0 Å². The molecule has 0 fully saturated rings. The average Bonchev–Trinajstić information content (AvgIpc) is 2.21. The van der Waals surface area contributed by atoms with Gasteiger partial charge in [0.1, 0.15) is 0 Å². The molecular weight excluding hydrogens is 198 g/mol. The highest BCUT2D eigenvalue weighted by atomic mass is 19.2. The molecule has 0 aliphatic carbocycles. The lowest BCUT2D eigenvalue weighted by molar-refractivity contribution is 0.214. The van der Waals surface area contributed by atoms with Gasteiger partial charge in [-0.25, -0.2) is 8.78 Å². The SMILES string of the molecule is CCc1cc(F)c(F)c(C(C)(C)CO)c1. The minimum absolute atomic E-state index is 0.212. The third-order valence-electron chi connectivity index (χ3n) is 2.62. The molecule has 1 N–H and O–H groups in total. The lowest BCUT2D eigenvalue weighted by Crippen LogP contribution is -2.24. The maximum atomic E-state index is 13.5. The van der Waals surface area contributed by atoms with Gasteiger partial charge < -0.3 is 5.11 Å². The highest BCUT2D eigenvalue weighted by Crippen LogP contribution is 2.28. The number of benzene rings is 1. The van der Waals surface area contributed by atoms with Crippen LogP contribution in [0.15, 0.2) is 12.1 Å². The Morgan fingerprint density at radius 2 is 1.87 bits per heavy atom. The summed E-state index contributed by atoms with van der Waals surface area (Å²) < 4.78 is 26.8. The minimum atomic E-state index is -0.855. The van der Waals surface area contributed by atoms with Gasteiger partial charge in [-0.05, 0) is 23.6 Å². The van der Waals surface area contributed by atoms with Gasteiger partial charge in [-0.1, -0.05) is 26.8 Å². The van der Waals surface area contributed by atoms with E-state index in [-0.39, 0.29) is 12.2 Å². The van der Waals surface area contributed by atoms with Crippen LogP contribution in [0.5, 0.6) is 0 Å². The molecule has 0 atom stereocenters. The second-order valence-electron chi connectivity index (χ2n) is 4.33. The van der Waals surface area contributed by atoms with E-state index in [1.165, 1.54) is 6.07 Å². The molecule has 0 aliphatic heterocycles. The summed E-state index contributed by atoms with van der Waals surface area (Å²) in [4.78, 5) is 0. The number of rotatable bonds is 3. The van der Waals surface area contributed by atoms with Crippen molar-refractivity contribution < 1.29 is 13.9 Å². The second-order valence-corrected chi connectivity index (χ2v) is 4.33. The molecule has 0 aromatic heterocycles. The molecule has 15 heavy (non-hydrogen) atoms. The Hall–Kier alpha value is -0.960. The van der Waals surface area contributed by atoms with Gasteiger partial charge in [0.2, 0.25) is 0 Å². The molecule has 1 aromatic rings. The van der Waals surface area contributed by atoms with E-state index in [9.17, 15) is 8.78 Å². The molecule has 0 saturated carbocycles. The van der Waals surface area contributed by atoms with Crippen LogP contribution in [0.1, 0.15) is 31.9 Å². The molecule has 1 nitrogen and oxygen atoms in total. The average molecular weight is 214 g/mol. The molecule has 0 aliphatic rings. The fourth-order valence-corrected chi connectivity index (χ4v) is 1.43. The van der Waals surface area contributed by atoms with Crippen molar-refractivity contribution in [3.63, 3.8) is 0 Å². The van der Waals surface area contributed by atoms with Crippen molar-refractivity contribution in [2.75, 3.05) is 6.61 Å². The van der Waals surface area contributed by atoms with Crippen LogP contribution in [0.2, 0.25) is 0 Å². The molecule has 0 saturated heterocycles. The molecule has 3 heteroatoms. The maximum Gasteiger partial charge on any atom is 0.162 e. The summed E-state index contributed by atoms with van der Waals surface area (Å²) in [6.07, 6.45) is 0.645. The van der Waals surface area contributed by atoms with Gasteiger partial charge in [-0.3, -0.25) is 0 Å². The standard InChI is InChI=1S/C12H16F2O/c1-4-8-5-9(12(2,3)7-15)11(14)10(13)6-8/h5-6,15H,4,7H2,1-3H3. The predicted octanol–water partition coefficient (Wildman–Crippen LogP) is 2.80. The summed E-state index contributed by atoms with van der Waals surface area (Å²) in [6, 6.07) is 2.82. The van der Waals surface area contributed by atoms with E-state index in [1.807, 2.05) is 6.92 Å². The zero-order valence-electron chi connectivity index (χ0n) is 9.27. The monoisotopic (exact) mass is 214 g/mol. The Morgan fingerprint density at radius 3 is 2.33 bits per heavy atom. The van der Waals surface area contributed by atoms with E-state index in [2.05, 4.69) is 0 Å². The third kappa shape index (κ3) is 2.34. The molecule has 84 valence electrons. The molecule has 1 rings (SSSR count). The van der Waals surface area contributed by atoms with Gasteiger partial charge in [0.15, 0.2) is 11.6 Å². The molecule has 0 unspecified atom stereocenters. The Morgan fingerprint density at radius 1 is 1.27 bits per heavy atom. The Balaban J connectivity index is 3.34. The second kappa shape index (κ2) is 4.27. The van der Waals surface area contributed by atoms with Crippen molar-refractivity contribution in [2.45, 2.75) is 32.6 Å². The van der Waals surface area contributed by atoms with Gasteiger partial charge in [-0.2, -0.15) is 0 Å². The van der Waals surface area contributed by atoms with Crippen molar-refractivity contribution in [1.29, 1.82) is 0 Å². The van der Waals surface area contributed by atoms with Crippen LogP contribution in [0.25, 0.3) is 0 Å². The number of aliphatic hydroxyl groups is 1. The van der Waals surface area contributed by atoms with Crippen LogP contribution in [0.3, 0.4) is 0 Å². The first-order valence-corrected chi connectivity index (χ1v) is 5.01. The van der Waals surface area contributed by atoms with Gasteiger partial charge in [0.05, 0.1) is 6.61 Å². The number of hydrogen-bond acceptors (Lipinski definition) is 1.